The van der Waals surface area contributed by atoms with Crippen molar-refractivity contribution in [2.45, 2.75) is 19.4 Å². The van der Waals surface area contributed by atoms with E-state index in [9.17, 15) is 22.8 Å². The molecule has 0 aliphatic carbocycles. The molecule has 0 bridgehead atoms. The zero-order chi connectivity index (χ0) is 21.0. The van der Waals surface area contributed by atoms with E-state index in [4.69, 9.17) is 4.52 Å². The molecular formula is C20H16F3N3O3. The highest BCUT2D eigenvalue weighted by atomic mass is 19.2. The Labute approximate surface area is 163 Å². The highest BCUT2D eigenvalue weighted by Crippen LogP contribution is 2.16. The smallest absolute Gasteiger partial charge is 0.255 e. The lowest BCUT2D eigenvalue weighted by Gasteiger charge is -2.18. The predicted molar refractivity (Wildman–Crippen MR) is 97.6 cm³/mol. The van der Waals surface area contributed by atoms with Gasteiger partial charge in [0.1, 0.15) is 11.8 Å². The molecule has 0 aliphatic heterocycles. The van der Waals surface area contributed by atoms with Crippen molar-refractivity contribution in [2.24, 2.45) is 0 Å². The van der Waals surface area contributed by atoms with Gasteiger partial charge in [-0.15, -0.1) is 0 Å². The maximum absolute atomic E-state index is 13.9. The summed E-state index contributed by atoms with van der Waals surface area (Å²) >= 11 is 0. The molecule has 2 amide bonds. The Balaban J connectivity index is 1.83. The van der Waals surface area contributed by atoms with E-state index in [0.29, 0.717) is 11.8 Å². The normalized spacial score (nSPS) is 11.7. The molecule has 1 heterocycles. The van der Waals surface area contributed by atoms with Crippen molar-refractivity contribution in [3.63, 3.8) is 0 Å². The summed E-state index contributed by atoms with van der Waals surface area (Å²) in [5, 5.41) is 8.49. The fourth-order valence-corrected chi connectivity index (χ4v) is 2.63. The fraction of sp³-hybridized carbons (Fsp3) is 0.150. The van der Waals surface area contributed by atoms with Gasteiger partial charge in [-0.25, -0.2) is 13.2 Å². The van der Waals surface area contributed by atoms with Gasteiger partial charge in [0.25, 0.3) is 5.91 Å². The number of carbonyl (C=O) groups excluding carboxylic acids is 2. The van der Waals surface area contributed by atoms with Crippen LogP contribution in [-0.4, -0.2) is 23.0 Å². The third kappa shape index (κ3) is 4.81. The Morgan fingerprint density at radius 3 is 2.45 bits per heavy atom. The van der Waals surface area contributed by atoms with Crippen LogP contribution in [0.2, 0.25) is 0 Å². The van der Waals surface area contributed by atoms with Gasteiger partial charge in [0.15, 0.2) is 23.3 Å². The first kappa shape index (κ1) is 20.1. The van der Waals surface area contributed by atoms with Crippen molar-refractivity contribution in [1.29, 1.82) is 0 Å². The molecule has 3 rings (SSSR count). The summed E-state index contributed by atoms with van der Waals surface area (Å²) in [6, 6.07) is 10.5. The minimum Gasteiger partial charge on any atom is -0.360 e. The molecular weight excluding hydrogens is 387 g/mol. The van der Waals surface area contributed by atoms with E-state index < -0.39 is 40.9 Å². The van der Waals surface area contributed by atoms with Crippen LogP contribution in [0, 0.1) is 24.4 Å². The number of amides is 2. The minimum absolute atomic E-state index is 0.0700. The van der Waals surface area contributed by atoms with Gasteiger partial charge in [-0.05, 0) is 24.6 Å². The lowest BCUT2D eigenvalue weighted by molar-refractivity contribution is -0.118. The van der Waals surface area contributed by atoms with Crippen molar-refractivity contribution in [1.82, 2.24) is 10.5 Å². The quantitative estimate of drug-likeness (QED) is 0.618. The first-order chi connectivity index (χ1) is 13.8. The average molecular weight is 403 g/mol. The van der Waals surface area contributed by atoms with Crippen LogP contribution in [0.3, 0.4) is 0 Å². The second kappa shape index (κ2) is 8.59. The van der Waals surface area contributed by atoms with Gasteiger partial charge < -0.3 is 15.2 Å². The van der Waals surface area contributed by atoms with Crippen LogP contribution in [0.15, 0.2) is 53.1 Å². The van der Waals surface area contributed by atoms with E-state index in [0.717, 1.165) is 11.6 Å². The van der Waals surface area contributed by atoms with E-state index in [1.165, 1.54) is 6.07 Å². The Kier molecular flexibility index (Phi) is 5.96. The largest absolute Gasteiger partial charge is 0.360 e. The maximum Gasteiger partial charge on any atom is 0.255 e. The van der Waals surface area contributed by atoms with E-state index in [1.54, 1.807) is 37.3 Å². The standard InChI is InChI=1S/C20H16F3N3O3/c1-11-9-16(26-29-11)25-20(28)15(10-12-5-3-2-4-6-12)24-19(27)13-7-8-14(21)18(23)17(13)22/h2-9,15H,10H2,1H3,(H,24,27)(H,25,26,28). The molecule has 2 aromatic carbocycles. The molecule has 1 atom stereocenters. The number of nitrogens with one attached hydrogen (secondary N) is 2. The predicted octanol–water partition coefficient (Wildman–Crippen LogP) is 3.38. The first-order valence-electron chi connectivity index (χ1n) is 8.57. The van der Waals surface area contributed by atoms with Crippen LogP contribution >= 0.6 is 0 Å². The Morgan fingerprint density at radius 2 is 1.79 bits per heavy atom. The van der Waals surface area contributed by atoms with Gasteiger partial charge in [-0.2, -0.15) is 0 Å². The molecule has 29 heavy (non-hydrogen) atoms. The molecule has 3 aromatic rings. The van der Waals surface area contributed by atoms with Crippen LogP contribution in [0.4, 0.5) is 19.0 Å². The van der Waals surface area contributed by atoms with Crippen molar-refractivity contribution in [3.8, 4) is 0 Å². The molecule has 0 radical (unpaired) electrons. The number of aromatic nitrogens is 1. The number of anilines is 1. The number of benzene rings is 2. The highest BCUT2D eigenvalue weighted by Gasteiger charge is 2.26. The van der Waals surface area contributed by atoms with Crippen LogP contribution in [0.5, 0.6) is 0 Å². The van der Waals surface area contributed by atoms with Gasteiger partial charge in [0.2, 0.25) is 5.91 Å². The third-order valence-electron chi connectivity index (χ3n) is 4.06. The molecule has 0 saturated heterocycles. The van der Waals surface area contributed by atoms with Crippen LogP contribution in [-0.2, 0) is 11.2 Å². The molecule has 0 saturated carbocycles. The topological polar surface area (TPSA) is 84.2 Å². The second-order valence-electron chi connectivity index (χ2n) is 6.25. The summed E-state index contributed by atoms with van der Waals surface area (Å²) in [7, 11) is 0. The SMILES string of the molecule is Cc1cc(NC(=O)C(Cc2ccccc2)NC(=O)c2ccc(F)c(F)c2F)no1. The van der Waals surface area contributed by atoms with Crippen LogP contribution in [0.25, 0.3) is 0 Å². The van der Waals surface area contributed by atoms with Crippen molar-refractivity contribution >= 4 is 17.6 Å². The summed E-state index contributed by atoms with van der Waals surface area (Å²) in [6.45, 7) is 1.64. The monoisotopic (exact) mass is 403 g/mol. The van der Waals surface area contributed by atoms with Gasteiger partial charge in [-0.1, -0.05) is 35.5 Å². The number of hydrogen-bond donors (Lipinski definition) is 2. The summed E-state index contributed by atoms with van der Waals surface area (Å²) in [6.07, 6.45) is 0.0700. The Bertz CT molecular complexity index is 1040. The summed E-state index contributed by atoms with van der Waals surface area (Å²) in [5.41, 5.74) is 0.00193. The van der Waals surface area contributed by atoms with Crippen molar-refractivity contribution in [2.75, 3.05) is 5.32 Å². The minimum atomic E-state index is -1.76. The van der Waals surface area contributed by atoms with Gasteiger partial charge in [-0.3, -0.25) is 9.59 Å². The third-order valence-corrected chi connectivity index (χ3v) is 4.06. The molecule has 1 unspecified atom stereocenters. The number of nitrogens with zero attached hydrogens (tertiary/aromatic N) is 1. The van der Waals surface area contributed by atoms with Gasteiger partial charge in [0, 0.05) is 12.5 Å². The molecule has 6 nitrogen and oxygen atoms in total. The van der Waals surface area contributed by atoms with Crippen LogP contribution in [0.1, 0.15) is 21.7 Å². The molecule has 9 heteroatoms. The zero-order valence-corrected chi connectivity index (χ0v) is 15.2. The molecule has 0 fully saturated rings. The van der Waals surface area contributed by atoms with Crippen molar-refractivity contribution in [3.05, 3.63) is 82.9 Å². The Morgan fingerprint density at radius 1 is 1.07 bits per heavy atom. The van der Waals surface area contributed by atoms with Gasteiger partial charge in [0.05, 0.1) is 5.56 Å². The lowest BCUT2D eigenvalue weighted by Crippen LogP contribution is -2.45. The number of halogens is 3. The van der Waals surface area contributed by atoms with E-state index in [2.05, 4.69) is 15.8 Å². The lowest BCUT2D eigenvalue weighted by atomic mass is 10.0. The van der Waals surface area contributed by atoms with E-state index in [1.807, 2.05) is 0 Å². The molecule has 150 valence electrons. The second-order valence-corrected chi connectivity index (χ2v) is 6.25. The van der Waals surface area contributed by atoms with E-state index >= 15 is 0 Å². The number of hydrogen-bond acceptors (Lipinski definition) is 4. The first-order valence-corrected chi connectivity index (χ1v) is 8.57. The van der Waals surface area contributed by atoms with E-state index in [-0.39, 0.29) is 12.2 Å². The average Bonchev–Trinajstić information content (AvgIpc) is 3.11. The van der Waals surface area contributed by atoms with Crippen LogP contribution < -0.4 is 10.6 Å². The summed E-state index contributed by atoms with van der Waals surface area (Å²) in [5.74, 6) is -5.91. The molecule has 0 spiro atoms. The fourth-order valence-electron chi connectivity index (χ4n) is 2.63. The summed E-state index contributed by atoms with van der Waals surface area (Å²) in [4.78, 5) is 25.1. The van der Waals surface area contributed by atoms with Crippen molar-refractivity contribution < 1.29 is 27.3 Å². The molecule has 0 aliphatic rings. The summed E-state index contributed by atoms with van der Waals surface area (Å²) < 4.78 is 45.4. The molecule has 1 aromatic heterocycles. The maximum atomic E-state index is 13.9. The number of rotatable bonds is 6. The number of carbonyl (C=O) groups is 2. The Hall–Kier alpha value is -3.62. The zero-order valence-electron chi connectivity index (χ0n) is 15.2. The molecule has 2 N–H and O–H groups in total. The highest BCUT2D eigenvalue weighted by molar-refractivity contribution is 6.01. The van der Waals surface area contributed by atoms with Gasteiger partial charge >= 0.3 is 0 Å². The number of aryl methyl sites for hydroxylation is 1.